The van der Waals surface area contributed by atoms with Crippen molar-refractivity contribution in [2.45, 2.75) is 57.1 Å². The van der Waals surface area contributed by atoms with Crippen LogP contribution >= 0.6 is 0 Å². The summed E-state index contributed by atoms with van der Waals surface area (Å²) in [6.45, 7) is 4.48. The molecule has 0 bridgehead atoms. The number of rotatable bonds is 2. The summed E-state index contributed by atoms with van der Waals surface area (Å²) in [7, 11) is 0. The molecule has 3 rings (SSSR count). The van der Waals surface area contributed by atoms with Crippen LogP contribution in [0, 0.1) is 5.92 Å². The average Bonchev–Trinajstić information content (AvgIpc) is 2.52. The number of nitrogens with one attached hydrogen (secondary N) is 1. The third-order valence-electron chi connectivity index (χ3n) is 5.67. The van der Waals surface area contributed by atoms with Crippen molar-refractivity contribution in [3.8, 4) is 0 Å². The second-order valence-electron chi connectivity index (χ2n) is 6.89. The molecule has 1 aliphatic heterocycles. The van der Waals surface area contributed by atoms with Crippen LogP contribution in [0.15, 0.2) is 30.3 Å². The fourth-order valence-corrected chi connectivity index (χ4v) is 4.30. The lowest BCUT2D eigenvalue weighted by Gasteiger charge is -2.44. The summed E-state index contributed by atoms with van der Waals surface area (Å²) in [5.41, 5.74) is 0.495. The van der Waals surface area contributed by atoms with Gasteiger partial charge in [0.1, 0.15) is 5.60 Å². The summed E-state index contributed by atoms with van der Waals surface area (Å²) >= 11 is 0. The van der Waals surface area contributed by atoms with Gasteiger partial charge in [0.05, 0.1) is 19.1 Å². The third kappa shape index (κ3) is 2.64. The predicted octanol–water partition coefficient (Wildman–Crippen LogP) is 2.13. The first-order chi connectivity index (χ1) is 9.70. The summed E-state index contributed by atoms with van der Waals surface area (Å²) < 4.78 is 0. The van der Waals surface area contributed by atoms with Crippen LogP contribution in [0.2, 0.25) is 0 Å². The molecule has 0 aromatic heterocycles. The summed E-state index contributed by atoms with van der Waals surface area (Å²) in [4.78, 5) is 1.75. The zero-order valence-electron chi connectivity index (χ0n) is 12.6. The van der Waals surface area contributed by atoms with Crippen molar-refractivity contribution in [1.29, 1.82) is 0 Å². The molecule has 1 unspecified atom stereocenters. The van der Waals surface area contributed by atoms with Crippen LogP contribution in [0.3, 0.4) is 0 Å². The van der Waals surface area contributed by atoms with Gasteiger partial charge in [0, 0.05) is 12.3 Å². The van der Waals surface area contributed by atoms with Crippen LogP contribution in [-0.4, -0.2) is 24.2 Å². The van der Waals surface area contributed by atoms with Crippen molar-refractivity contribution < 1.29 is 10.0 Å². The van der Waals surface area contributed by atoms with E-state index in [4.69, 9.17) is 0 Å². The van der Waals surface area contributed by atoms with Crippen LogP contribution in [0.5, 0.6) is 0 Å². The molecular weight excluding hydrogens is 246 g/mol. The second kappa shape index (κ2) is 5.87. The molecule has 0 amide bonds. The Morgan fingerprint density at radius 2 is 1.80 bits per heavy atom. The fourth-order valence-electron chi connectivity index (χ4n) is 4.30. The normalized spacial score (nSPS) is 35.9. The minimum Gasteiger partial charge on any atom is -0.384 e. The maximum absolute atomic E-state index is 11.1. The molecule has 1 saturated carbocycles. The Balaban J connectivity index is 1.70. The van der Waals surface area contributed by atoms with Gasteiger partial charge >= 0.3 is 0 Å². The lowest BCUT2D eigenvalue weighted by Crippen LogP contribution is -3.18. The number of hydrogen-bond acceptors (Lipinski definition) is 1. The molecule has 1 saturated heterocycles. The van der Waals surface area contributed by atoms with Crippen LogP contribution in [-0.2, 0) is 5.60 Å². The molecule has 2 N–H and O–H groups in total. The molecule has 2 fully saturated rings. The smallest absolute Gasteiger partial charge is 0.103 e. The van der Waals surface area contributed by atoms with E-state index >= 15 is 0 Å². The number of quaternary nitrogens is 1. The van der Waals surface area contributed by atoms with Crippen LogP contribution < -0.4 is 4.90 Å². The van der Waals surface area contributed by atoms with Gasteiger partial charge in [-0.3, -0.25) is 0 Å². The van der Waals surface area contributed by atoms with Crippen molar-refractivity contribution in [2.24, 2.45) is 5.92 Å². The Hall–Kier alpha value is -0.860. The molecule has 0 spiro atoms. The van der Waals surface area contributed by atoms with E-state index in [9.17, 15) is 5.11 Å². The zero-order valence-corrected chi connectivity index (χ0v) is 12.6. The maximum Gasteiger partial charge on any atom is 0.103 e. The van der Waals surface area contributed by atoms with Gasteiger partial charge < -0.3 is 10.0 Å². The molecule has 3 atom stereocenters. The van der Waals surface area contributed by atoms with E-state index in [1.165, 1.54) is 32.1 Å². The van der Waals surface area contributed by atoms with Crippen molar-refractivity contribution in [3.05, 3.63) is 35.9 Å². The van der Waals surface area contributed by atoms with Crippen molar-refractivity contribution >= 4 is 0 Å². The van der Waals surface area contributed by atoms with Gasteiger partial charge in [-0.15, -0.1) is 0 Å². The summed E-state index contributed by atoms with van der Waals surface area (Å²) in [6, 6.07) is 11.1. The summed E-state index contributed by atoms with van der Waals surface area (Å²) in [5.74, 6) is 0.343. The Bertz CT molecular complexity index is 426. The Labute approximate surface area is 122 Å². The van der Waals surface area contributed by atoms with E-state index in [2.05, 4.69) is 19.1 Å². The van der Waals surface area contributed by atoms with E-state index in [0.717, 1.165) is 31.1 Å². The number of hydrogen-bond donors (Lipinski definition) is 2. The molecule has 2 aliphatic rings. The first kappa shape index (κ1) is 14.1. The van der Waals surface area contributed by atoms with Gasteiger partial charge in [-0.25, -0.2) is 0 Å². The van der Waals surface area contributed by atoms with E-state index in [1.54, 1.807) is 4.90 Å². The predicted molar refractivity (Wildman–Crippen MR) is 81.7 cm³/mol. The average molecular weight is 274 g/mol. The van der Waals surface area contributed by atoms with Crippen molar-refractivity contribution in [2.75, 3.05) is 13.1 Å². The first-order valence-electron chi connectivity index (χ1n) is 8.32. The minimum absolute atomic E-state index is 0.343. The number of piperidine rings is 1. The highest BCUT2D eigenvalue weighted by atomic mass is 16.3. The van der Waals surface area contributed by atoms with Gasteiger partial charge in [-0.2, -0.15) is 0 Å². The summed E-state index contributed by atoms with van der Waals surface area (Å²) in [6.07, 6.45) is 7.94. The topological polar surface area (TPSA) is 24.7 Å². The molecule has 0 radical (unpaired) electrons. The Kier molecular flexibility index (Phi) is 4.13. The fraction of sp³-hybridized carbons (Fsp3) is 0.667. The highest BCUT2D eigenvalue weighted by Crippen LogP contribution is 2.34. The number of likely N-dealkylation sites (tertiary alicyclic amines) is 1. The highest BCUT2D eigenvalue weighted by Gasteiger charge is 2.44. The summed E-state index contributed by atoms with van der Waals surface area (Å²) in [5, 5.41) is 11.1. The van der Waals surface area contributed by atoms with Crippen molar-refractivity contribution in [1.82, 2.24) is 0 Å². The molecule has 1 heterocycles. The molecule has 110 valence electrons. The molecule has 20 heavy (non-hydrogen) atoms. The van der Waals surface area contributed by atoms with E-state index < -0.39 is 5.60 Å². The van der Waals surface area contributed by atoms with E-state index in [0.29, 0.717) is 5.92 Å². The van der Waals surface area contributed by atoms with Gasteiger partial charge in [-0.1, -0.05) is 43.7 Å². The maximum atomic E-state index is 11.1. The molecule has 2 nitrogen and oxygen atoms in total. The molecule has 1 aromatic carbocycles. The SMILES string of the molecule is C[C@H]1C[NH+](C2CCCCC2)CC[C@]1(O)c1ccccc1. The number of aliphatic hydroxyl groups is 1. The van der Waals surface area contributed by atoms with Crippen LogP contribution in [0.4, 0.5) is 0 Å². The van der Waals surface area contributed by atoms with Gasteiger partial charge in [-0.05, 0) is 31.2 Å². The number of benzene rings is 1. The van der Waals surface area contributed by atoms with Gasteiger partial charge in [0.15, 0.2) is 0 Å². The van der Waals surface area contributed by atoms with E-state index in [-0.39, 0.29) is 0 Å². The molecule has 2 heteroatoms. The zero-order chi connectivity index (χ0) is 14.0. The largest absolute Gasteiger partial charge is 0.384 e. The lowest BCUT2D eigenvalue weighted by atomic mass is 9.76. The Morgan fingerprint density at radius 3 is 2.45 bits per heavy atom. The molecule has 1 aliphatic carbocycles. The second-order valence-corrected chi connectivity index (χ2v) is 6.89. The monoisotopic (exact) mass is 274 g/mol. The van der Waals surface area contributed by atoms with Crippen LogP contribution in [0.1, 0.15) is 51.0 Å². The standard InChI is InChI=1S/C18H27NO/c1-15-14-19(17-10-6-3-7-11-17)13-12-18(15,20)16-8-4-2-5-9-16/h2,4-5,8-9,15,17,20H,3,6-7,10-14H2,1H3/p+1/t15-,18+/m0/s1. The highest BCUT2D eigenvalue weighted by molar-refractivity contribution is 5.23. The van der Waals surface area contributed by atoms with E-state index in [1.807, 2.05) is 18.2 Å². The van der Waals surface area contributed by atoms with Crippen molar-refractivity contribution in [3.63, 3.8) is 0 Å². The van der Waals surface area contributed by atoms with Gasteiger partial charge in [0.25, 0.3) is 0 Å². The van der Waals surface area contributed by atoms with Gasteiger partial charge in [0.2, 0.25) is 0 Å². The van der Waals surface area contributed by atoms with Crippen LogP contribution in [0.25, 0.3) is 0 Å². The minimum atomic E-state index is -0.612. The lowest BCUT2D eigenvalue weighted by molar-refractivity contribution is -0.937. The third-order valence-corrected chi connectivity index (χ3v) is 5.67. The Morgan fingerprint density at radius 1 is 1.10 bits per heavy atom. The molecule has 1 aromatic rings. The molecular formula is C18H28NO+. The quantitative estimate of drug-likeness (QED) is 0.848. The first-order valence-corrected chi connectivity index (χ1v) is 8.32.